The van der Waals surface area contributed by atoms with Crippen LogP contribution in [0.1, 0.15) is 16.5 Å². The molecule has 2 N–H and O–H groups in total. The lowest BCUT2D eigenvalue weighted by atomic mass is 10.2. The minimum absolute atomic E-state index is 0.0518. The topological polar surface area (TPSA) is 67.8 Å². The van der Waals surface area contributed by atoms with Crippen LogP contribution in [0.2, 0.25) is 0 Å². The first-order valence-electron chi connectivity index (χ1n) is 7.60. The van der Waals surface area contributed by atoms with Crippen LogP contribution in [-0.4, -0.2) is 30.0 Å². The smallest absolute Gasteiger partial charge is 0.323 e. The molecular formula is C18H19NO4S. The van der Waals surface area contributed by atoms with E-state index in [0.29, 0.717) is 17.3 Å². The maximum Gasteiger partial charge on any atom is 0.323 e. The van der Waals surface area contributed by atoms with Gasteiger partial charge in [-0.1, -0.05) is 18.2 Å². The van der Waals surface area contributed by atoms with E-state index in [-0.39, 0.29) is 23.1 Å². The molecule has 1 aliphatic rings. The Morgan fingerprint density at radius 1 is 1.25 bits per heavy atom. The molecule has 0 bridgehead atoms. The number of hydrogen-bond acceptors (Lipinski definition) is 6. The minimum Gasteiger partial charge on any atom is -0.504 e. The van der Waals surface area contributed by atoms with E-state index in [1.165, 1.54) is 7.11 Å². The fourth-order valence-electron chi connectivity index (χ4n) is 2.49. The Labute approximate surface area is 145 Å². The van der Waals surface area contributed by atoms with Gasteiger partial charge in [-0.25, -0.2) is 0 Å². The van der Waals surface area contributed by atoms with Crippen molar-refractivity contribution in [2.45, 2.75) is 18.3 Å². The molecule has 1 saturated heterocycles. The monoisotopic (exact) mass is 345 g/mol. The molecule has 6 heteroatoms. The van der Waals surface area contributed by atoms with E-state index in [2.05, 4.69) is 5.32 Å². The molecule has 1 fully saturated rings. The van der Waals surface area contributed by atoms with Gasteiger partial charge in [0.25, 0.3) is 0 Å². The van der Waals surface area contributed by atoms with Crippen molar-refractivity contribution in [1.82, 2.24) is 5.32 Å². The van der Waals surface area contributed by atoms with Crippen LogP contribution in [0.15, 0.2) is 42.5 Å². The second kappa shape index (κ2) is 7.15. The number of rotatable bonds is 4. The molecule has 2 atom stereocenters. The van der Waals surface area contributed by atoms with Gasteiger partial charge in [-0.2, -0.15) is 0 Å². The average Bonchev–Trinajstić information content (AvgIpc) is 3.07. The fourth-order valence-corrected chi connectivity index (χ4v) is 3.72. The highest BCUT2D eigenvalue weighted by Crippen LogP contribution is 2.35. The van der Waals surface area contributed by atoms with Gasteiger partial charge in [-0.05, 0) is 42.3 Å². The van der Waals surface area contributed by atoms with Gasteiger partial charge in [0.1, 0.15) is 11.8 Å². The van der Waals surface area contributed by atoms with Gasteiger partial charge < -0.3 is 14.6 Å². The third-order valence-electron chi connectivity index (χ3n) is 3.79. The Kier molecular flexibility index (Phi) is 4.97. The normalized spacial score (nSPS) is 19.9. The van der Waals surface area contributed by atoms with Crippen molar-refractivity contribution in [2.24, 2.45) is 0 Å². The Morgan fingerprint density at radius 2 is 2.00 bits per heavy atom. The van der Waals surface area contributed by atoms with Gasteiger partial charge in [0.2, 0.25) is 0 Å². The predicted octanol–water partition coefficient (Wildman–Crippen LogP) is 3.37. The van der Waals surface area contributed by atoms with Gasteiger partial charge in [0, 0.05) is 5.75 Å². The number of ether oxygens (including phenoxy) is 2. The van der Waals surface area contributed by atoms with Crippen LogP contribution in [0.4, 0.5) is 0 Å². The molecule has 2 aromatic rings. The lowest BCUT2D eigenvalue weighted by Crippen LogP contribution is -2.34. The Hall–Kier alpha value is -2.18. The molecule has 2 unspecified atom stereocenters. The Bertz CT molecular complexity index is 732. The van der Waals surface area contributed by atoms with Crippen LogP contribution < -0.4 is 10.1 Å². The summed E-state index contributed by atoms with van der Waals surface area (Å²) in [7, 11) is 1.40. The molecule has 2 aromatic carbocycles. The number of benzene rings is 2. The second-order valence-corrected chi connectivity index (χ2v) is 6.74. The summed E-state index contributed by atoms with van der Waals surface area (Å²) in [5, 5.41) is 13.2. The Morgan fingerprint density at radius 3 is 2.67 bits per heavy atom. The van der Waals surface area contributed by atoms with Crippen molar-refractivity contribution >= 4 is 17.7 Å². The third kappa shape index (κ3) is 3.66. The number of thioether (sulfide) groups is 1. The number of carbonyl (C=O) groups excluding carboxylic acids is 1. The number of carbonyl (C=O) groups is 1. The molecule has 0 radical (unpaired) electrons. The highest BCUT2D eigenvalue weighted by atomic mass is 32.2. The highest BCUT2D eigenvalue weighted by molar-refractivity contribution is 7.99. The summed E-state index contributed by atoms with van der Waals surface area (Å²) in [6.07, 6.45) is 0. The number of esters is 1. The zero-order valence-electron chi connectivity index (χ0n) is 13.5. The molecule has 0 aliphatic carbocycles. The zero-order chi connectivity index (χ0) is 17.1. The van der Waals surface area contributed by atoms with E-state index in [9.17, 15) is 9.90 Å². The van der Waals surface area contributed by atoms with Crippen LogP contribution in [0.25, 0.3) is 0 Å². The molecule has 0 saturated carbocycles. The molecule has 24 heavy (non-hydrogen) atoms. The average molecular weight is 345 g/mol. The molecular weight excluding hydrogens is 326 g/mol. The van der Waals surface area contributed by atoms with Gasteiger partial charge in [0.05, 0.1) is 12.5 Å². The third-order valence-corrected chi connectivity index (χ3v) is 5.06. The SMILES string of the molecule is COC(=O)C1CSC(c2ccc(Oc3ccc(C)cc3O)cc2)N1. The van der Waals surface area contributed by atoms with Gasteiger partial charge in [0.15, 0.2) is 11.5 Å². The van der Waals surface area contributed by atoms with Crippen LogP contribution in [-0.2, 0) is 9.53 Å². The molecule has 5 nitrogen and oxygen atoms in total. The van der Waals surface area contributed by atoms with E-state index < -0.39 is 0 Å². The lowest BCUT2D eigenvalue weighted by molar-refractivity contribution is -0.142. The van der Waals surface area contributed by atoms with Crippen LogP contribution in [0.3, 0.4) is 0 Å². The number of aromatic hydroxyl groups is 1. The van der Waals surface area contributed by atoms with Gasteiger partial charge >= 0.3 is 5.97 Å². The molecule has 0 spiro atoms. The van der Waals surface area contributed by atoms with Crippen LogP contribution >= 0.6 is 11.8 Å². The Balaban J connectivity index is 1.67. The number of methoxy groups -OCH3 is 1. The van der Waals surface area contributed by atoms with E-state index in [1.54, 1.807) is 23.9 Å². The number of hydrogen-bond donors (Lipinski definition) is 2. The predicted molar refractivity (Wildman–Crippen MR) is 93.5 cm³/mol. The largest absolute Gasteiger partial charge is 0.504 e. The van der Waals surface area contributed by atoms with Crippen LogP contribution in [0, 0.1) is 6.92 Å². The molecule has 0 amide bonds. The van der Waals surface area contributed by atoms with Crippen molar-refractivity contribution in [3.63, 3.8) is 0 Å². The first-order chi connectivity index (χ1) is 11.6. The van der Waals surface area contributed by atoms with Crippen molar-refractivity contribution in [3.05, 3.63) is 53.6 Å². The summed E-state index contributed by atoms with van der Waals surface area (Å²) in [5.41, 5.74) is 2.03. The first kappa shape index (κ1) is 16.7. The van der Waals surface area contributed by atoms with E-state index in [0.717, 1.165) is 11.1 Å². The van der Waals surface area contributed by atoms with Gasteiger partial charge in [-0.15, -0.1) is 11.8 Å². The zero-order valence-corrected chi connectivity index (χ0v) is 14.3. The molecule has 3 rings (SSSR count). The number of nitrogens with one attached hydrogen (secondary N) is 1. The summed E-state index contributed by atoms with van der Waals surface area (Å²) < 4.78 is 10.5. The minimum atomic E-state index is -0.273. The lowest BCUT2D eigenvalue weighted by Gasteiger charge is -2.13. The summed E-state index contributed by atoms with van der Waals surface area (Å²) in [6.45, 7) is 1.91. The summed E-state index contributed by atoms with van der Waals surface area (Å²) in [6, 6.07) is 12.6. The quantitative estimate of drug-likeness (QED) is 0.828. The summed E-state index contributed by atoms with van der Waals surface area (Å²) in [5.74, 6) is 1.64. The van der Waals surface area contributed by atoms with Crippen molar-refractivity contribution < 1.29 is 19.4 Å². The first-order valence-corrected chi connectivity index (χ1v) is 8.64. The number of phenols is 1. The molecule has 0 aromatic heterocycles. The second-order valence-electron chi connectivity index (χ2n) is 5.60. The summed E-state index contributed by atoms with van der Waals surface area (Å²) in [4.78, 5) is 11.6. The number of aryl methyl sites for hydroxylation is 1. The van der Waals surface area contributed by atoms with Crippen molar-refractivity contribution in [3.8, 4) is 17.2 Å². The van der Waals surface area contributed by atoms with E-state index in [1.807, 2.05) is 37.3 Å². The highest BCUT2D eigenvalue weighted by Gasteiger charge is 2.31. The van der Waals surface area contributed by atoms with E-state index >= 15 is 0 Å². The maximum absolute atomic E-state index is 11.6. The molecule has 1 heterocycles. The van der Waals surface area contributed by atoms with Gasteiger partial charge in [-0.3, -0.25) is 10.1 Å². The number of phenolic OH excluding ortho intramolecular Hbond substituents is 1. The molecule has 126 valence electrons. The molecule has 1 aliphatic heterocycles. The summed E-state index contributed by atoms with van der Waals surface area (Å²) >= 11 is 1.67. The van der Waals surface area contributed by atoms with E-state index in [4.69, 9.17) is 9.47 Å². The van der Waals surface area contributed by atoms with Crippen molar-refractivity contribution in [2.75, 3.05) is 12.9 Å². The van der Waals surface area contributed by atoms with Crippen LogP contribution in [0.5, 0.6) is 17.2 Å². The maximum atomic E-state index is 11.6. The fraction of sp³-hybridized carbons (Fsp3) is 0.278. The standard InChI is InChI=1S/C18H19NO4S/c1-11-3-8-16(15(20)9-11)23-13-6-4-12(5-7-13)17-19-14(10-24-17)18(21)22-2/h3-9,14,17,19-20H,10H2,1-2H3. The van der Waals surface area contributed by atoms with Crippen molar-refractivity contribution in [1.29, 1.82) is 0 Å².